The fraction of sp³-hybridized carbons (Fsp3) is 0. The van der Waals surface area contributed by atoms with E-state index < -0.39 is 40.4 Å². The Morgan fingerprint density at radius 1 is 0.862 bits per heavy atom. The first-order chi connectivity index (χ1) is 13.7. The summed E-state index contributed by atoms with van der Waals surface area (Å²) in [6, 6.07) is 8.48. The molecule has 3 rings (SSSR count). The van der Waals surface area contributed by atoms with Gasteiger partial charge < -0.3 is 26.0 Å². The second kappa shape index (κ2) is 7.27. The molecule has 0 bridgehead atoms. The minimum Gasteiger partial charge on any atom is -0.478 e. The highest BCUT2D eigenvalue weighted by atomic mass is 16.4. The van der Waals surface area contributed by atoms with E-state index in [0.29, 0.717) is 11.3 Å². The zero-order chi connectivity index (χ0) is 21.3. The largest absolute Gasteiger partial charge is 0.478 e. The van der Waals surface area contributed by atoms with Crippen LogP contribution in [0.15, 0.2) is 47.4 Å². The van der Waals surface area contributed by atoms with Gasteiger partial charge in [0.05, 0.1) is 11.3 Å². The number of nitrogens with zero attached hydrogens (tertiary/aromatic N) is 1. The van der Waals surface area contributed by atoms with Gasteiger partial charge in [0.25, 0.3) is 5.56 Å². The van der Waals surface area contributed by atoms with Crippen LogP contribution in [0.25, 0.3) is 22.4 Å². The van der Waals surface area contributed by atoms with Gasteiger partial charge in [-0.25, -0.2) is 14.4 Å². The van der Waals surface area contributed by atoms with E-state index in [1.165, 1.54) is 42.6 Å². The van der Waals surface area contributed by atoms with Crippen molar-refractivity contribution in [2.24, 2.45) is 0 Å². The molecule has 0 amide bonds. The molecule has 0 aliphatic rings. The lowest BCUT2D eigenvalue weighted by atomic mass is 9.94. The minimum atomic E-state index is -1.61. The van der Waals surface area contributed by atoms with Gasteiger partial charge in [-0.05, 0) is 17.7 Å². The molecule has 0 saturated carbocycles. The van der Waals surface area contributed by atoms with E-state index >= 15 is 0 Å². The summed E-state index contributed by atoms with van der Waals surface area (Å²) in [5, 5.41) is 27.9. The van der Waals surface area contributed by atoms with Crippen LogP contribution in [0.3, 0.4) is 0 Å². The van der Waals surface area contributed by atoms with Crippen molar-refractivity contribution in [1.82, 2.24) is 9.97 Å². The second-order valence-corrected chi connectivity index (χ2v) is 5.92. The van der Waals surface area contributed by atoms with Crippen LogP contribution in [0.2, 0.25) is 0 Å². The van der Waals surface area contributed by atoms with Crippen molar-refractivity contribution in [3.8, 4) is 22.4 Å². The molecule has 0 radical (unpaired) electrons. The van der Waals surface area contributed by atoms with Crippen LogP contribution in [-0.2, 0) is 0 Å². The topological polar surface area (TPSA) is 184 Å². The molecule has 10 nitrogen and oxygen atoms in total. The van der Waals surface area contributed by atoms with Crippen LogP contribution in [0.5, 0.6) is 0 Å². The number of hydrogen-bond donors (Lipinski definition) is 5. The molecule has 0 spiro atoms. The molecule has 146 valence electrons. The third-order valence-electron chi connectivity index (χ3n) is 4.15. The SMILES string of the molecule is Nc1[nH]c(=O)c(C(=O)O)c(-c2ccc(-c3cc(C(=O)O)ccn3)cc2)c1C(=O)O. The number of H-pyrrole nitrogens is 1. The zero-order valence-corrected chi connectivity index (χ0v) is 14.5. The summed E-state index contributed by atoms with van der Waals surface area (Å²) >= 11 is 0. The van der Waals surface area contributed by atoms with Crippen molar-refractivity contribution < 1.29 is 29.7 Å². The Bertz CT molecular complexity index is 1210. The van der Waals surface area contributed by atoms with E-state index in [0.717, 1.165) is 0 Å². The van der Waals surface area contributed by atoms with Crippen LogP contribution < -0.4 is 11.3 Å². The average Bonchev–Trinajstić information content (AvgIpc) is 2.67. The fourth-order valence-corrected chi connectivity index (χ4v) is 2.86. The van der Waals surface area contributed by atoms with Crippen LogP contribution >= 0.6 is 0 Å². The first kappa shape index (κ1) is 19.3. The number of nitrogen functional groups attached to an aromatic ring is 1. The summed E-state index contributed by atoms with van der Waals surface area (Å²) in [4.78, 5) is 52.5. The number of hydrogen-bond acceptors (Lipinski definition) is 6. The number of rotatable bonds is 5. The summed E-state index contributed by atoms with van der Waals surface area (Å²) in [6.45, 7) is 0. The number of carbonyl (C=O) groups is 3. The van der Waals surface area contributed by atoms with E-state index in [1.807, 2.05) is 4.98 Å². The molecule has 2 heterocycles. The Labute approximate surface area is 161 Å². The van der Waals surface area contributed by atoms with Crippen LogP contribution in [0.4, 0.5) is 5.82 Å². The standard InChI is InChI=1S/C19H13N3O7/c20-15-13(18(26)27)12(14(19(28)29)16(23)22-15)9-3-1-8(2-4-9)11-7-10(17(24)25)5-6-21-11/h1-7H,(H,24,25)(H,26,27)(H,28,29)(H3,20,22,23). The monoisotopic (exact) mass is 395 g/mol. The Morgan fingerprint density at radius 3 is 2.00 bits per heavy atom. The number of carboxylic acids is 3. The number of aromatic nitrogens is 2. The molecule has 0 aliphatic carbocycles. The Morgan fingerprint density at radius 2 is 1.45 bits per heavy atom. The molecule has 29 heavy (non-hydrogen) atoms. The number of pyridine rings is 2. The predicted molar refractivity (Wildman–Crippen MR) is 101 cm³/mol. The number of nitrogens with one attached hydrogen (secondary N) is 1. The van der Waals surface area contributed by atoms with E-state index in [4.69, 9.17) is 10.8 Å². The molecule has 3 aromatic rings. The summed E-state index contributed by atoms with van der Waals surface area (Å²) in [5.74, 6) is -4.70. The van der Waals surface area contributed by atoms with E-state index in [-0.39, 0.29) is 16.7 Å². The summed E-state index contributed by atoms with van der Waals surface area (Å²) < 4.78 is 0. The molecule has 10 heteroatoms. The molecule has 1 aromatic carbocycles. The first-order valence-corrected chi connectivity index (χ1v) is 8.03. The van der Waals surface area contributed by atoms with Crippen molar-refractivity contribution in [3.63, 3.8) is 0 Å². The van der Waals surface area contributed by atoms with Crippen LogP contribution in [0, 0.1) is 0 Å². The van der Waals surface area contributed by atoms with Gasteiger partial charge >= 0.3 is 17.9 Å². The lowest BCUT2D eigenvalue weighted by Crippen LogP contribution is -2.24. The molecule has 0 unspecified atom stereocenters. The predicted octanol–water partition coefficient (Wildman–Crippen LogP) is 1.78. The maximum atomic E-state index is 12.1. The average molecular weight is 395 g/mol. The molecular weight excluding hydrogens is 382 g/mol. The first-order valence-electron chi connectivity index (χ1n) is 8.03. The van der Waals surface area contributed by atoms with Gasteiger partial charge in [0.15, 0.2) is 0 Å². The van der Waals surface area contributed by atoms with E-state index in [9.17, 15) is 29.4 Å². The quantitative estimate of drug-likeness (QED) is 0.429. The molecule has 0 atom stereocenters. The summed E-state index contributed by atoms with van der Waals surface area (Å²) in [7, 11) is 0. The fourth-order valence-electron chi connectivity index (χ4n) is 2.86. The Hall–Kier alpha value is -4.47. The molecule has 0 aliphatic heterocycles. The summed E-state index contributed by atoms with van der Waals surface area (Å²) in [6.07, 6.45) is 1.33. The van der Waals surface area contributed by atoms with Gasteiger partial charge in [0, 0.05) is 17.3 Å². The highest BCUT2D eigenvalue weighted by Crippen LogP contribution is 2.30. The minimum absolute atomic E-state index is 0.0303. The third kappa shape index (κ3) is 3.54. The maximum Gasteiger partial charge on any atom is 0.342 e. The number of nitrogens with two attached hydrogens (primary N) is 1. The number of carboxylic acid groups (broad SMARTS) is 3. The number of aromatic amines is 1. The van der Waals surface area contributed by atoms with Crippen molar-refractivity contribution in [3.05, 3.63) is 69.6 Å². The van der Waals surface area contributed by atoms with Gasteiger partial charge in [-0.1, -0.05) is 24.3 Å². The molecular formula is C19H13N3O7. The molecule has 0 fully saturated rings. The van der Waals surface area contributed by atoms with Gasteiger partial charge in [0.1, 0.15) is 16.9 Å². The molecule has 0 saturated heterocycles. The molecule has 6 N–H and O–H groups in total. The van der Waals surface area contributed by atoms with E-state index in [2.05, 4.69) is 4.98 Å². The van der Waals surface area contributed by atoms with Gasteiger partial charge in [-0.3, -0.25) is 9.78 Å². The zero-order valence-electron chi connectivity index (χ0n) is 14.5. The Balaban J connectivity index is 2.19. The normalized spacial score (nSPS) is 10.5. The van der Waals surface area contributed by atoms with Crippen molar-refractivity contribution >= 4 is 23.7 Å². The van der Waals surface area contributed by atoms with Crippen LogP contribution in [-0.4, -0.2) is 43.2 Å². The lowest BCUT2D eigenvalue weighted by Gasteiger charge is -2.12. The second-order valence-electron chi connectivity index (χ2n) is 5.92. The van der Waals surface area contributed by atoms with Gasteiger partial charge in [-0.2, -0.15) is 0 Å². The highest BCUT2D eigenvalue weighted by molar-refractivity contribution is 6.07. The van der Waals surface area contributed by atoms with Crippen molar-refractivity contribution in [2.45, 2.75) is 0 Å². The van der Waals surface area contributed by atoms with E-state index in [1.54, 1.807) is 0 Å². The van der Waals surface area contributed by atoms with Gasteiger partial charge in [0.2, 0.25) is 0 Å². The molecule has 2 aromatic heterocycles. The lowest BCUT2D eigenvalue weighted by molar-refractivity contribution is 0.0682. The van der Waals surface area contributed by atoms with Crippen LogP contribution in [0.1, 0.15) is 31.1 Å². The third-order valence-corrected chi connectivity index (χ3v) is 4.15. The number of anilines is 1. The number of aromatic carboxylic acids is 3. The number of benzene rings is 1. The highest BCUT2D eigenvalue weighted by Gasteiger charge is 2.26. The smallest absolute Gasteiger partial charge is 0.342 e. The van der Waals surface area contributed by atoms with Crippen molar-refractivity contribution in [2.75, 3.05) is 5.73 Å². The Kier molecular flexibility index (Phi) is 4.84. The summed E-state index contributed by atoms with van der Waals surface area (Å²) in [5.41, 5.74) is 3.96. The van der Waals surface area contributed by atoms with Crippen molar-refractivity contribution in [1.29, 1.82) is 0 Å². The maximum absolute atomic E-state index is 12.1. The van der Waals surface area contributed by atoms with Gasteiger partial charge in [-0.15, -0.1) is 0 Å².